The summed E-state index contributed by atoms with van der Waals surface area (Å²) >= 11 is 1.42. The lowest BCUT2D eigenvalue weighted by Gasteiger charge is -2.08. The van der Waals surface area contributed by atoms with Crippen LogP contribution in [0, 0.1) is 11.6 Å². The number of fused-ring (bicyclic) bond motifs is 1. The number of benzene rings is 3. The third-order valence-corrected chi connectivity index (χ3v) is 5.18. The molecule has 1 aromatic heterocycles. The molecule has 0 saturated heterocycles. The van der Waals surface area contributed by atoms with Crippen LogP contribution in [0.2, 0.25) is 0 Å². The zero-order chi connectivity index (χ0) is 19.7. The molecular formula is C21H14F2N2O2S. The highest BCUT2D eigenvalue weighted by atomic mass is 32.1. The van der Waals surface area contributed by atoms with Crippen LogP contribution in [-0.2, 0) is 6.61 Å². The average Bonchev–Trinajstić information content (AvgIpc) is 3.10. The third-order valence-electron chi connectivity index (χ3n) is 4.19. The van der Waals surface area contributed by atoms with Crippen molar-refractivity contribution in [3.05, 3.63) is 82.9 Å². The first-order chi connectivity index (χ1) is 13.5. The molecule has 0 saturated carbocycles. The van der Waals surface area contributed by atoms with Crippen LogP contribution < -0.4 is 10.5 Å². The van der Waals surface area contributed by atoms with Gasteiger partial charge >= 0.3 is 0 Å². The Balaban J connectivity index is 1.58. The minimum Gasteiger partial charge on any atom is -0.483 e. The molecule has 0 fully saturated rings. The van der Waals surface area contributed by atoms with E-state index in [1.807, 2.05) is 48.5 Å². The number of primary amides is 1. The van der Waals surface area contributed by atoms with E-state index in [4.69, 9.17) is 10.5 Å². The van der Waals surface area contributed by atoms with E-state index >= 15 is 0 Å². The number of thiazole rings is 1. The van der Waals surface area contributed by atoms with E-state index in [1.165, 1.54) is 11.3 Å². The van der Waals surface area contributed by atoms with E-state index in [1.54, 1.807) is 0 Å². The number of rotatable bonds is 5. The molecule has 0 aliphatic carbocycles. The highest BCUT2D eigenvalue weighted by Gasteiger charge is 2.19. The predicted molar refractivity (Wildman–Crippen MR) is 104 cm³/mol. The first-order valence-corrected chi connectivity index (χ1v) is 9.20. The van der Waals surface area contributed by atoms with Crippen LogP contribution in [-0.4, -0.2) is 10.9 Å². The van der Waals surface area contributed by atoms with Gasteiger partial charge in [0.2, 0.25) is 0 Å². The van der Waals surface area contributed by atoms with Gasteiger partial charge in [-0.25, -0.2) is 13.8 Å². The van der Waals surface area contributed by atoms with Crippen molar-refractivity contribution in [2.45, 2.75) is 6.61 Å². The van der Waals surface area contributed by atoms with Gasteiger partial charge in [0.1, 0.15) is 23.0 Å². The number of ether oxygens (including phenoxy) is 1. The fourth-order valence-corrected chi connectivity index (χ4v) is 3.77. The van der Waals surface area contributed by atoms with E-state index in [0.29, 0.717) is 5.01 Å². The van der Waals surface area contributed by atoms with Gasteiger partial charge in [-0.3, -0.25) is 4.79 Å². The molecule has 4 nitrogen and oxygen atoms in total. The lowest BCUT2D eigenvalue weighted by Crippen LogP contribution is -2.16. The maximum Gasteiger partial charge on any atom is 0.254 e. The first kappa shape index (κ1) is 18.1. The molecule has 4 rings (SSSR count). The van der Waals surface area contributed by atoms with Crippen LogP contribution in [0.25, 0.3) is 21.3 Å². The summed E-state index contributed by atoms with van der Waals surface area (Å²) in [6, 6.07) is 18.0. The second-order valence-corrected chi connectivity index (χ2v) is 7.16. The van der Waals surface area contributed by atoms with Crippen LogP contribution in [0.4, 0.5) is 8.78 Å². The average molecular weight is 396 g/mol. The quantitative estimate of drug-likeness (QED) is 0.521. The number of carbonyl (C=O) groups is 1. The number of halogens is 2. The van der Waals surface area contributed by atoms with Gasteiger partial charge in [-0.05, 0) is 35.4 Å². The van der Waals surface area contributed by atoms with Crippen molar-refractivity contribution in [1.82, 2.24) is 4.98 Å². The molecule has 0 atom stereocenters. The van der Waals surface area contributed by atoms with Crippen molar-refractivity contribution in [2.24, 2.45) is 5.73 Å². The summed E-state index contributed by atoms with van der Waals surface area (Å²) in [6.45, 7) is -0.0131. The summed E-state index contributed by atoms with van der Waals surface area (Å²) in [4.78, 5) is 15.7. The minimum absolute atomic E-state index is 0.0131. The lowest BCUT2D eigenvalue weighted by molar-refractivity contribution is 0.0991. The Morgan fingerprint density at radius 3 is 2.57 bits per heavy atom. The molecule has 1 heterocycles. The number of nitrogens with zero attached hydrogens (tertiary/aromatic N) is 1. The van der Waals surface area contributed by atoms with Gasteiger partial charge in [0, 0.05) is 0 Å². The van der Waals surface area contributed by atoms with Crippen molar-refractivity contribution in [3.8, 4) is 16.9 Å². The molecule has 0 spiro atoms. The SMILES string of the molecule is NC(=O)c1c(F)ccc(OCc2nc3ccc(-c4ccccc4)cc3s2)c1F. The molecule has 28 heavy (non-hydrogen) atoms. The topological polar surface area (TPSA) is 65.2 Å². The van der Waals surface area contributed by atoms with Gasteiger partial charge in [0.25, 0.3) is 5.91 Å². The zero-order valence-corrected chi connectivity index (χ0v) is 15.3. The minimum atomic E-state index is -1.19. The number of carbonyl (C=O) groups excluding carboxylic acids is 1. The van der Waals surface area contributed by atoms with Gasteiger partial charge in [-0.2, -0.15) is 0 Å². The van der Waals surface area contributed by atoms with Gasteiger partial charge in [-0.15, -0.1) is 11.3 Å². The Kier molecular flexibility index (Phi) is 4.75. The predicted octanol–water partition coefficient (Wildman–Crippen LogP) is 4.92. The molecule has 0 bridgehead atoms. The van der Waals surface area contributed by atoms with E-state index < -0.39 is 23.1 Å². The van der Waals surface area contributed by atoms with Crippen LogP contribution in [0.5, 0.6) is 5.75 Å². The molecular weight excluding hydrogens is 382 g/mol. The Labute approximate surface area is 163 Å². The summed E-state index contributed by atoms with van der Waals surface area (Å²) in [5.74, 6) is -3.57. The number of nitrogens with two attached hydrogens (primary N) is 1. The van der Waals surface area contributed by atoms with E-state index in [-0.39, 0.29) is 12.4 Å². The van der Waals surface area contributed by atoms with E-state index in [0.717, 1.165) is 33.5 Å². The summed E-state index contributed by atoms with van der Waals surface area (Å²) in [6.07, 6.45) is 0. The maximum atomic E-state index is 14.2. The van der Waals surface area contributed by atoms with Crippen LogP contribution in [0.3, 0.4) is 0 Å². The Morgan fingerprint density at radius 2 is 1.82 bits per heavy atom. The molecule has 0 aliphatic heterocycles. The highest BCUT2D eigenvalue weighted by Crippen LogP contribution is 2.29. The molecule has 1 amide bonds. The van der Waals surface area contributed by atoms with Gasteiger partial charge in [0.05, 0.1) is 10.2 Å². The zero-order valence-electron chi connectivity index (χ0n) is 14.5. The Morgan fingerprint density at radius 1 is 1.04 bits per heavy atom. The molecule has 3 aromatic carbocycles. The number of aromatic nitrogens is 1. The van der Waals surface area contributed by atoms with Crippen molar-refractivity contribution in [1.29, 1.82) is 0 Å². The molecule has 0 unspecified atom stereocenters. The largest absolute Gasteiger partial charge is 0.483 e. The second-order valence-electron chi connectivity index (χ2n) is 6.04. The smallest absolute Gasteiger partial charge is 0.254 e. The fraction of sp³-hybridized carbons (Fsp3) is 0.0476. The lowest BCUT2D eigenvalue weighted by atomic mass is 10.1. The van der Waals surface area contributed by atoms with Crippen molar-refractivity contribution < 1.29 is 18.3 Å². The second kappa shape index (κ2) is 7.36. The van der Waals surface area contributed by atoms with Gasteiger partial charge in [0.15, 0.2) is 11.6 Å². The van der Waals surface area contributed by atoms with Crippen LogP contribution >= 0.6 is 11.3 Å². The molecule has 0 aliphatic rings. The van der Waals surface area contributed by atoms with Gasteiger partial charge in [-0.1, -0.05) is 36.4 Å². The Hall–Kier alpha value is -3.32. The standard InChI is InChI=1S/C21H14F2N2O2S/c22-14-7-9-16(20(23)19(14)21(24)26)27-11-18-25-15-8-6-13(10-17(15)28-18)12-4-2-1-3-5-12/h1-10H,11H2,(H2,24,26). The molecule has 0 radical (unpaired) electrons. The fourth-order valence-electron chi connectivity index (χ4n) is 2.85. The first-order valence-electron chi connectivity index (χ1n) is 8.38. The van der Waals surface area contributed by atoms with Crippen LogP contribution in [0.1, 0.15) is 15.4 Å². The van der Waals surface area contributed by atoms with E-state index in [2.05, 4.69) is 4.98 Å². The highest BCUT2D eigenvalue weighted by molar-refractivity contribution is 7.18. The number of amides is 1. The van der Waals surface area contributed by atoms with E-state index in [9.17, 15) is 13.6 Å². The summed E-state index contributed by atoms with van der Waals surface area (Å²) in [5.41, 5.74) is 7.18. The molecule has 2 N–H and O–H groups in total. The molecule has 140 valence electrons. The monoisotopic (exact) mass is 396 g/mol. The normalized spacial score (nSPS) is 10.9. The number of hydrogen-bond acceptors (Lipinski definition) is 4. The maximum absolute atomic E-state index is 14.2. The summed E-state index contributed by atoms with van der Waals surface area (Å²) in [7, 11) is 0. The summed E-state index contributed by atoms with van der Waals surface area (Å²) < 4.78 is 34.2. The van der Waals surface area contributed by atoms with Crippen molar-refractivity contribution in [2.75, 3.05) is 0 Å². The van der Waals surface area contributed by atoms with Crippen molar-refractivity contribution in [3.63, 3.8) is 0 Å². The van der Waals surface area contributed by atoms with Gasteiger partial charge < -0.3 is 10.5 Å². The Bertz CT molecular complexity index is 1180. The molecule has 7 heteroatoms. The number of hydrogen-bond donors (Lipinski definition) is 1. The van der Waals surface area contributed by atoms with Crippen molar-refractivity contribution >= 4 is 27.5 Å². The van der Waals surface area contributed by atoms with Crippen LogP contribution in [0.15, 0.2) is 60.7 Å². The third kappa shape index (κ3) is 3.44. The summed E-state index contributed by atoms with van der Waals surface area (Å²) in [5, 5.41) is 0.629. The molecule has 4 aromatic rings.